The lowest BCUT2D eigenvalue weighted by Crippen LogP contribution is -2.26. The number of nitrogens with zero attached hydrogens (tertiary/aromatic N) is 3. The van der Waals surface area contributed by atoms with Crippen molar-refractivity contribution < 1.29 is 5.21 Å². The molecule has 0 aromatic heterocycles. The molecule has 0 radical (unpaired) electrons. The van der Waals surface area contributed by atoms with E-state index < -0.39 is 0 Å². The summed E-state index contributed by atoms with van der Waals surface area (Å²) >= 11 is 11.8. The van der Waals surface area contributed by atoms with Crippen molar-refractivity contribution in [3.63, 3.8) is 0 Å². The fraction of sp³-hybridized carbons (Fsp3) is 0.222. The Morgan fingerprint density at radius 1 is 1.69 bits per heavy atom. The predicted octanol–water partition coefficient (Wildman–Crippen LogP) is 1.69. The van der Waals surface area contributed by atoms with Gasteiger partial charge in [-0.25, -0.2) is 0 Å². The van der Waals surface area contributed by atoms with Crippen LogP contribution in [-0.2, 0) is 0 Å². The Morgan fingerprint density at radius 3 is 3.06 bits per heavy atom. The summed E-state index contributed by atoms with van der Waals surface area (Å²) in [5.41, 5.74) is 0.586. The number of aliphatic imine (C=N–C) groups is 1. The van der Waals surface area contributed by atoms with E-state index in [4.69, 9.17) is 33.7 Å². The molecule has 2 aliphatic rings. The Kier molecular flexibility index (Phi) is 2.86. The molecule has 1 aliphatic carbocycles. The number of amidine groups is 1. The van der Waals surface area contributed by atoms with Crippen molar-refractivity contribution in [2.75, 3.05) is 0 Å². The highest BCUT2D eigenvalue weighted by atomic mass is 35.5. The molecule has 0 aromatic rings. The maximum atomic E-state index is 8.68. The zero-order valence-electron chi connectivity index (χ0n) is 7.91. The molecule has 16 heavy (non-hydrogen) atoms. The predicted molar refractivity (Wildman–Crippen MR) is 60.6 cm³/mol. The minimum absolute atomic E-state index is 0.164. The maximum Gasteiger partial charge on any atom is 0.221 e. The second-order valence-electron chi connectivity index (χ2n) is 3.24. The first kappa shape index (κ1) is 11.0. The SMILES string of the molecule is N#C/C(=N\O)C1=NC2CC(Cl)=C(Cl)C=C2N1. The third-order valence-electron chi connectivity index (χ3n) is 2.25. The van der Waals surface area contributed by atoms with Crippen molar-refractivity contribution in [3.05, 3.63) is 21.8 Å². The van der Waals surface area contributed by atoms with Gasteiger partial charge in [-0.1, -0.05) is 28.4 Å². The number of hydrogen-bond acceptors (Lipinski definition) is 5. The third-order valence-corrected chi connectivity index (χ3v) is 3.04. The molecule has 0 aromatic carbocycles. The molecule has 1 atom stereocenters. The number of oxime groups is 1. The van der Waals surface area contributed by atoms with Gasteiger partial charge in [-0.15, -0.1) is 0 Å². The molecular formula is C9H6Cl2N4O. The van der Waals surface area contributed by atoms with E-state index >= 15 is 0 Å². The van der Waals surface area contributed by atoms with Crippen LogP contribution in [0.25, 0.3) is 0 Å². The molecule has 2 rings (SSSR count). The average molecular weight is 257 g/mol. The highest BCUT2D eigenvalue weighted by Gasteiger charge is 2.29. The van der Waals surface area contributed by atoms with Crippen molar-refractivity contribution in [3.8, 4) is 6.07 Å². The Morgan fingerprint density at radius 2 is 2.44 bits per heavy atom. The summed E-state index contributed by atoms with van der Waals surface area (Å²) in [6, 6.07) is 1.54. The average Bonchev–Trinajstić information content (AvgIpc) is 2.63. The van der Waals surface area contributed by atoms with Crippen molar-refractivity contribution in [1.82, 2.24) is 5.32 Å². The van der Waals surface area contributed by atoms with Crippen LogP contribution in [0.15, 0.2) is 32.0 Å². The standard InChI is InChI=1S/C9H6Cl2N4O/c10-4-1-6-7(2-5(4)11)14-9(13-6)8(3-12)15-16/h1,7,16H,2H2,(H,13,14)/b15-8+. The van der Waals surface area contributed by atoms with Gasteiger partial charge in [0.2, 0.25) is 5.71 Å². The van der Waals surface area contributed by atoms with E-state index in [1.165, 1.54) is 0 Å². The molecule has 2 N–H and O–H groups in total. The molecule has 1 unspecified atom stereocenters. The van der Waals surface area contributed by atoms with E-state index in [2.05, 4.69) is 15.5 Å². The first-order chi connectivity index (χ1) is 7.65. The van der Waals surface area contributed by atoms with Crippen molar-refractivity contribution in [1.29, 1.82) is 5.26 Å². The number of halogens is 2. The second-order valence-corrected chi connectivity index (χ2v) is 4.10. The van der Waals surface area contributed by atoms with Crippen LogP contribution in [0.3, 0.4) is 0 Å². The van der Waals surface area contributed by atoms with Gasteiger partial charge >= 0.3 is 0 Å². The first-order valence-corrected chi connectivity index (χ1v) is 5.14. The fourth-order valence-electron chi connectivity index (χ4n) is 1.49. The molecule has 0 amide bonds. The van der Waals surface area contributed by atoms with E-state index in [1.807, 2.05) is 0 Å². The largest absolute Gasteiger partial charge is 0.410 e. The molecule has 1 heterocycles. The summed E-state index contributed by atoms with van der Waals surface area (Å²) in [4.78, 5) is 4.18. The minimum atomic E-state index is -0.185. The number of nitrogens with one attached hydrogen (secondary N) is 1. The second kappa shape index (κ2) is 4.16. The molecule has 5 nitrogen and oxygen atoms in total. The van der Waals surface area contributed by atoms with Gasteiger partial charge in [0.25, 0.3) is 0 Å². The van der Waals surface area contributed by atoms with E-state index in [1.54, 1.807) is 12.1 Å². The normalized spacial score (nSPS) is 24.3. The Balaban J connectivity index is 2.28. The molecule has 7 heteroatoms. The highest BCUT2D eigenvalue weighted by molar-refractivity contribution is 6.48. The van der Waals surface area contributed by atoms with Gasteiger partial charge in [-0.2, -0.15) is 5.26 Å². The van der Waals surface area contributed by atoms with Crippen LogP contribution >= 0.6 is 23.2 Å². The number of fused-ring (bicyclic) bond motifs is 1. The number of allylic oxidation sites excluding steroid dienone is 2. The van der Waals surface area contributed by atoms with Gasteiger partial charge in [0.15, 0.2) is 5.84 Å². The molecular weight excluding hydrogens is 251 g/mol. The van der Waals surface area contributed by atoms with E-state index in [9.17, 15) is 0 Å². The fourth-order valence-corrected chi connectivity index (χ4v) is 1.89. The summed E-state index contributed by atoms with van der Waals surface area (Å²) in [6.45, 7) is 0. The van der Waals surface area contributed by atoms with Crippen molar-refractivity contribution in [2.45, 2.75) is 12.5 Å². The van der Waals surface area contributed by atoms with E-state index in [0.29, 0.717) is 16.5 Å². The molecule has 82 valence electrons. The van der Waals surface area contributed by atoms with Crippen LogP contribution in [0.5, 0.6) is 0 Å². The highest BCUT2D eigenvalue weighted by Crippen LogP contribution is 2.32. The van der Waals surface area contributed by atoms with Gasteiger partial charge in [-0.3, -0.25) is 4.99 Å². The molecule has 0 saturated heterocycles. The van der Waals surface area contributed by atoms with Crippen molar-refractivity contribution in [2.24, 2.45) is 10.1 Å². The summed E-state index contributed by atoms with van der Waals surface area (Å²) in [7, 11) is 0. The van der Waals surface area contributed by atoms with Crippen molar-refractivity contribution >= 4 is 34.7 Å². The Hall–Kier alpha value is -1.51. The molecule has 0 spiro atoms. The number of hydrogen-bond donors (Lipinski definition) is 2. The molecule has 0 saturated carbocycles. The quantitative estimate of drug-likeness (QED) is 0.426. The van der Waals surface area contributed by atoms with Crippen LogP contribution in [0.4, 0.5) is 0 Å². The van der Waals surface area contributed by atoms with Crippen LogP contribution in [0.2, 0.25) is 0 Å². The minimum Gasteiger partial charge on any atom is -0.410 e. The third kappa shape index (κ3) is 1.77. The topological polar surface area (TPSA) is 80.8 Å². The van der Waals surface area contributed by atoms with Gasteiger partial charge in [-0.05, 0) is 6.08 Å². The maximum absolute atomic E-state index is 8.68. The lowest BCUT2D eigenvalue weighted by atomic mass is 10.1. The summed E-state index contributed by atoms with van der Waals surface area (Å²) < 4.78 is 0. The van der Waals surface area contributed by atoms with Gasteiger partial charge in [0, 0.05) is 17.2 Å². The van der Waals surface area contributed by atoms with E-state index in [-0.39, 0.29) is 17.6 Å². The number of rotatable bonds is 1. The lowest BCUT2D eigenvalue weighted by molar-refractivity contribution is 0.320. The van der Waals surface area contributed by atoms with Crippen LogP contribution in [0, 0.1) is 11.3 Å². The summed E-state index contributed by atoms with van der Waals surface area (Å²) in [5, 5.41) is 24.0. The Bertz CT molecular complexity index is 498. The lowest BCUT2D eigenvalue weighted by Gasteiger charge is -2.14. The number of nitriles is 1. The van der Waals surface area contributed by atoms with Crippen LogP contribution in [0.1, 0.15) is 6.42 Å². The van der Waals surface area contributed by atoms with E-state index in [0.717, 1.165) is 5.70 Å². The molecule has 0 bridgehead atoms. The molecule has 0 fully saturated rings. The van der Waals surface area contributed by atoms with Crippen LogP contribution < -0.4 is 5.32 Å². The zero-order chi connectivity index (χ0) is 11.7. The Labute approximate surface area is 101 Å². The van der Waals surface area contributed by atoms with Gasteiger partial charge in [0.1, 0.15) is 6.07 Å². The van der Waals surface area contributed by atoms with Crippen LogP contribution in [-0.4, -0.2) is 22.8 Å². The zero-order valence-corrected chi connectivity index (χ0v) is 9.42. The summed E-state index contributed by atoms with van der Waals surface area (Å²) in [5.74, 6) is 0.233. The first-order valence-electron chi connectivity index (χ1n) is 4.38. The monoisotopic (exact) mass is 256 g/mol. The van der Waals surface area contributed by atoms with Gasteiger partial charge in [0.05, 0.1) is 11.1 Å². The summed E-state index contributed by atoms with van der Waals surface area (Å²) in [6.07, 6.45) is 2.13. The molecule has 1 aliphatic heterocycles. The van der Waals surface area contributed by atoms with Gasteiger partial charge < -0.3 is 10.5 Å². The smallest absolute Gasteiger partial charge is 0.221 e.